The van der Waals surface area contributed by atoms with Gasteiger partial charge in [0.2, 0.25) is 0 Å². The fraction of sp³-hybridized carbons (Fsp3) is 0.200. The zero-order valence-electron chi connectivity index (χ0n) is 15.4. The first-order chi connectivity index (χ1) is 13.3. The Kier molecular flexibility index (Phi) is 5.75. The van der Waals surface area contributed by atoms with Crippen LogP contribution in [-0.4, -0.2) is 27.8 Å². The number of carbonyl (C=O) groups is 2. The van der Waals surface area contributed by atoms with Crippen molar-refractivity contribution in [1.29, 1.82) is 0 Å². The third-order valence-corrected chi connectivity index (χ3v) is 4.16. The van der Waals surface area contributed by atoms with E-state index in [1.165, 1.54) is 16.7 Å². The summed E-state index contributed by atoms with van der Waals surface area (Å²) in [6.45, 7) is 3.33. The van der Waals surface area contributed by atoms with E-state index in [9.17, 15) is 14.4 Å². The third-order valence-electron chi connectivity index (χ3n) is 3.93. The van der Waals surface area contributed by atoms with Crippen molar-refractivity contribution in [2.45, 2.75) is 20.5 Å². The highest BCUT2D eigenvalue weighted by molar-refractivity contribution is 6.30. The van der Waals surface area contributed by atoms with E-state index in [1.54, 1.807) is 24.3 Å². The van der Waals surface area contributed by atoms with E-state index in [0.29, 0.717) is 21.9 Å². The SMILES string of the molecule is Cc1cc(C)cc(C(=O)NCC(=O)OCc2cc(=O)n3cc(Cl)ccc3n2)c1. The van der Waals surface area contributed by atoms with Crippen LogP contribution in [0.25, 0.3) is 5.65 Å². The maximum absolute atomic E-state index is 12.2. The number of rotatable bonds is 5. The molecule has 8 heteroatoms. The molecule has 0 bridgehead atoms. The number of ether oxygens (including phenoxy) is 1. The molecule has 0 atom stereocenters. The quantitative estimate of drug-likeness (QED) is 0.665. The summed E-state index contributed by atoms with van der Waals surface area (Å²) in [5.41, 5.74) is 2.77. The Hall–Kier alpha value is -3.19. The number of hydrogen-bond donors (Lipinski definition) is 1. The van der Waals surface area contributed by atoms with Crippen LogP contribution >= 0.6 is 11.6 Å². The number of nitrogens with zero attached hydrogens (tertiary/aromatic N) is 2. The Bertz CT molecular complexity index is 1100. The van der Waals surface area contributed by atoms with Gasteiger partial charge < -0.3 is 10.1 Å². The number of amides is 1. The second-order valence-electron chi connectivity index (χ2n) is 6.38. The number of benzene rings is 1. The molecule has 0 fully saturated rings. The summed E-state index contributed by atoms with van der Waals surface area (Å²) in [5, 5.41) is 2.93. The Morgan fingerprint density at radius 1 is 1.14 bits per heavy atom. The molecule has 0 aliphatic rings. The molecule has 7 nitrogen and oxygen atoms in total. The molecule has 2 heterocycles. The van der Waals surface area contributed by atoms with Crippen LogP contribution in [0.2, 0.25) is 5.02 Å². The molecule has 3 rings (SSSR count). The number of hydrogen-bond acceptors (Lipinski definition) is 5. The van der Waals surface area contributed by atoms with Crippen LogP contribution in [0.3, 0.4) is 0 Å². The van der Waals surface area contributed by atoms with Crippen molar-refractivity contribution in [3.05, 3.63) is 80.4 Å². The Balaban J connectivity index is 1.58. The van der Waals surface area contributed by atoms with Crippen molar-refractivity contribution in [1.82, 2.24) is 14.7 Å². The van der Waals surface area contributed by atoms with E-state index in [-0.39, 0.29) is 24.6 Å². The number of esters is 1. The lowest BCUT2D eigenvalue weighted by Gasteiger charge is -2.08. The topological polar surface area (TPSA) is 89.8 Å². The molecule has 0 unspecified atom stereocenters. The predicted molar refractivity (Wildman–Crippen MR) is 105 cm³/mol. The lowest BCUT2D eigenvalue weighted by molar-refractivity contribution is -0.143. The van der Waals surface area contributed by atoms with E-state index in [1.807, 2.05) is 19.9 Å². The summed E-state index contributed by atoms with van der Waals surface area (Å²) in [7, 11) is 0. The van der Waals surface area contributed by atoms with Crippen LogP contribution in [0.4, 0.5) is 0 Å². The molecule has 0 radical (unpaired) electrons. The summed E-state index contributed by atoms with van der Waals surface area (Å²) in [6.07, 6.45) is 1.46. The highest BCUT2D eigenvalue weighted by atomic mass is 35.5. The van der Waals surface area contributed by atoms with Crippen molar-refractivity contribution < 1.29 is 14.3 Å². The van der Waals surface area contributed by atoms with Gasteiger partial charge in [-0.3, -0.25) is 18.8 Å². The summed E-state index contributed by atoms with van der Waals surface area (Å²) in [4.78, 5) is 40.4. The molecule has 1 N–H and O–H groups in total. The summed E-state index contributed by atoms with van der Waals surface area (Å²) in [5.74, 6) is -0.987. The van der Waals surface area contributed by atoms with E-state index in [0.717, 1.165) is 11.1 Å². The normalized spacial score (nSPS) is 10.7. The first-order valence-electron chi connectivity index (χ1n) is 8.52. The molecule has 0 aliphatic carbocycles. The fourth-order valence-electron chi connectivity index (χ4n) is 2.77. The second-order valence-corrected chi connectivity index (χ2v) is 6.82. The van der Waals surface area contributed by atoms with Gasteiger partial charge in [-0.2, -0.15) is 0 Å². The van der Waals surface area contributed by atoms with Crippen molar-refractivity contribution >= 4 is 29.1 Å². The minimum absolute atomic E-state index is 0.174. The number of fused-ring (bicyclic) bond motifs is 1. The average Bonchev–Trinajstić information content (AvgIpc) is 2.64. The Labute approximate surface area is 165 Å². The number of aromatic nitrogens is 2. The lowest BCUT2D eigenvalue weighted by atomic mass is 10.1. The largest absolute Gasteiger partial charge is 0.458 e. The zero-order chi connectivity index (χ0) is 20.3. The summed E-state index contributed by atoms with van der Waals surface area (Å²) in [6, 6.07) is 9.92. The van der Waals surface area contributed by atoms with Crippen LogP contribution in [0.1, 0.15) is 27.2 Å². The summed E-state index contributed by atoms with van der Waals surface area (Å²) >= 11 is 5.86. The van der Waals surface area contributed by atoms with E-state index in [2.05, 4.69) is 10.3 Å². The molecule has 0 aliphatic heterocycles. The van der Waals surface area contributed by atoms with Gasteiger partial charge in [0.25, 0.3) is 11.5 Å². The van der Waals surface area contributed by atoms with Gasteiger partial charge in [-0.25, -0.2) is 4.98 Å². The number of aryl methyl sites for hydroxylation is 2. The number of nitrogens with one attached hydrogen (secondary N) is 1. The van der Waals surface area contributed by atoms with Gasteiger partial charge in [0.05, 0.1) is 10.7 Å². The van der Waals surface area contributed by atoms with Gasteiger partial charge in [0.15, 0.2) is 0 Å². The molecule has 0 spiro atoms. The third kappa shape index (κ3) is 4.75. The van der Waals surface area contributed by atoms with Gasteiger partial charge in [-0.15, -0.1) is 0 Å². The van der Waals surface area contributed by atoms with Gasteiger partial charge in [-0.1, -0.05) is 28.8 Å². The number of halogens is 1. The first kappa shape index (κ1) is 19.6. The van der Waals surface area contributed by atoms with Crippen LogP contribution in [0.15, 0.2) is 47.4 Å². The first-order valence-corrected chi connectivity index (χ1v) is 8.89. The molecule has 0 saturated carbocycles. The molecule has 0 saturated heterocycles. The van der Waals surface area contributed by atoms with Gasteiger partial charge in [0.1, 0.15) is 18.8 Å². The van der Waals surface area contributed by atoms with Crippen molar-refractivity contribution in [2.24, 2.45) is 0 Å². The number of pyridine rings is 1. The van der Waals surface area contributed by atoms with E-state index in [4.69, 9.17) is 16.3 Å². The van der Waals surface area contributed by atoms with Crippen molar-refractivity contribution in [3.63, 3.8) is 0 Å². The highest BCUT2D eigenvalue weighted by Crippen LogP contribution is 2.10. The highest BCUT2D eigenvalue weighted by Gasteiger charge is 2.11. The van der Waals surface area contributed by atoms with Gasteiger partial charge >= 0.3 is 5.97 Å². The van der Waals surface area contributed by atoms with E-state index >= 15 is 0 Å². The van der Waals surface area contributed by atoms with Crippen molar-refractivity contribution in [2.75, 3.05) is 6.54 Å². The molecule has 144 valence electrons. The minimum Gasteiger partial charge on any atom is -0.458 e. The molecule has 1 amide bonds. The maximum atomic E-state index is 12.2. The standard InChI is InChI=1S/C20H18ClN3O4/c1-12-5-13(2)7-14(6-12)20(27)22-9-19(26)28-11-16-8-18(25)24-10-15(21)3-4-17(24)23-16/h3-8,10H,9,11H2,1-2H3,(H,22,27). The van der Waals surface area contributed by atoms with Crippen LogP contribution in [0, 0.1) is 13.8 Å². The Morgan fingerprint density at radius 3 is 2.57 bits per heavy atom. The fourth-order valence-corrected chi connectivity index (χ4v) is 2.93. The molecule has 3 aromatic rings. The van der Waals surface area contributed by atoms with Crippen LogP contribution in [0.5, 0.6) is 0 Å². The summed E-state index contributed by atoms with van der Waals surface area (Å²) < 4.78 is 6.40. The monoisotopic (exact) mass is 399 g/mol. The minimum atomic E-state index is -0.629. The predicted octanol–water partition coefficient (Wildman–Crippen LogP) is 2.44. The lowest BCUT2D eigenvalue weighted by Crippen LogP contribution is -2.30. The molecule has 2 aromatic heterocycles. The van der Waals surface area contributed by atoms with E-state index < -0.39 is 5.97 Å². The maximum Gasteiger partial charge on any atom is 0.325 e. The van der Waals surface area contributed by atoms with Gasteiger partial charge in [-0.05, 0) is 38.1 Å². The smallest absolute Gasteiger partial charge is 0.325 e. The Morgan fingerprint density at radius 2 is 1.86 bits per heavy atom. The molecule has 1 aromatic carbocycles. The number of carbonyl (C=O) groups excluding carboxylic acids is 2. The van der Waals surface area contributed by atoms with Crippen LogP contribution in [-0.2, 0) is 16.1 Å². The van der Waals surface area contributed by atoms with Crippen LogP contribution < -0.4 is 10.9 Å². The molecule has 28 heavy (non-hydrogen) atoms. The van der Waals surface area contributed by atoms with Crippen molar-refractivity contribution in [3.8, 4) is 0 Å². The second kappa shape index (κ2) is 8.22. The molecular weight excluding hydrogens is 382 g/mol. The molecular formula is C20H18ClN3O4. The van der Waals surface area contributed by atoms with Gasteiger partial charge in [0, 0.05) is 17.8 Å². The zero-order valence-corrected chi connectivity index (χ0v) is 16.1. The average molecular weight is 400 g/mol.